The first-order valence-corrected chi connectivity index (χ1v) is 18.4. The lowest BCUT2D eigenvalue weighted by Gasteiger charge is -2.26. The Bertz CT molecular complexity index is 2900. The fourth-order valence-electron chi connectivity index (χ4n) is 7.82. The summed E-state index contributed by atoms with van der Waals surface area (Å²) in [5.74, 6) is 0. The van der Waals surface area contributed by atoms with Crippen molar-refractivity contribution in [2.45, 2.75) is 0 Å². The van der Waals surface area contributed by atoms with Crippen LogP contribution in [0.2, 0.25) is 0 Å². The van der Waals surface area contributed by atoms with E-state index in [9.17, 15) is 0 Å². The molecule has 2 heteroatoms. The van der Waals surface area contributed by atoms with E-state index < -0.39 is 0 Å². The molecule has 0 N–H and O–H groups in total. The van der Waals surface area contributed by atoms with Gasteiger partial charge in [-0.3, -0.25) is 0 Å². The van der Waals surface area contributed by atoms with Crippen LogP contribution in [0.5, 0.6) is 0 Å². The fraction of sp³-hybridized carbons (Fsp3) is 0. The minimum absolute atomic E-state index is 0.884. The number of nitrogens with zero attached hydrogens (tertiary/aromatic N) is 1. The van der Waals surface area contributed by atoms with Crippen LogP contribution in [0.4, 0.5) is 17.1 Å². The number of fused-ring (bicyclic) bond motifs is 4. The molecule has 9 aromatic carbocycles. The molecule has 0 saturated carbocycles. The van der Waals surface area contributed by atoms with Gasteiger partial charge >= 0.3 is 0 Å². The number of anilines is 3. The standard InChI is InChI=1S/C52H35NO/c1-3-12-37(13-4-1)47-32-26-41(34-49(47)39-14-5-2-6-15-39)36-22-27-42(28-23-36)53(44-31-33-52-50(35-44)48-19-9-10-21-51(48)54-52)43-29-24-40(25-30-43)46-20-11-17-38-16-7-8-18-45(38)46/h1-35H. The second kappa shape index (κ2) is 13.4. The molecule has 0 atom stereocenters. The maximum absolute atomic E-state index is 6.22. The second-order valence-corrected chi connectivity index (χ2v) is 13.7. The summed E-state index contributed by atoms with van der Waals surface area (Å²) in [4.78, 5) is 2.34. The van der Waals surface area contributed by atoms with Crippen LogP contribution in [-0.2, 0) is 0 Å². The van der Waals surface area contributed by atoms with Gasteiger partial charge in [0.25, 0.3) is 0 Å². The van der Waals surface area contributed by atoms with Crippen molar-refractivity contribution in [3.8, 4) is 44.5 Å². The largest absolute Gasteiger partial charge is 0.456 e. The van der Waals surface area contributed by atoms with Gasteiger partial charge < -0.3 is 9.32 Å². The second-order valence-electron chi connectivity index (χ2n) is 13.7. The third-order valence-corrected chi connectivity index (χ3v) is 10.5. The number of hydrogen-bond acceptors (Lipinski definition) is 2. The van der Waals surface area contributed by atoms with Crippen molar-refractivity contribution in [2.24, 2.45) is 0 Å². The van der Waals surface area contributed by atoms with Crippen LogP contribution >= 0.6 is 0 Å². The molecule has 2 nitrogen and oxygen atoms in total. The monoisotopic (exact) mass is 689 g/mol. The van der Waals surface area contributed by atoms with Crippen LogP contribution in [0, 0.1) is 0 Å². The number of rotatable bonds is 7. The van der Waals surface area contributed by atoms with Crippen molar-refractivity contribution in [1.29, 1.82) is 0 Å². The van der Waals surface area contributed by atoms with Crippen molar-refractivity contribution in [3.63, 3.8) is 0 Å². The van der Waals surface area contributed by atoms with E-state index in [0.717, 1.165) is 44.6 Å². The Labute approximate surface area is 314 Å². The van der Waals surface area contributed by atoms with Crippen LogP contribution in [-0.4, -0.2) is 0 Å². The van der Waals surface area contributed by atoms with E-state index in [-0.39, 0.29) is 0 Å². The van der Waals surface area contributed by atoms with Gasteiger partial charge in [-0.25, -0.2) is 0 Å². The zero-order valence-electron chi connectivity index (χ0n) is 29.6. The van der Waals surface area contributed by atoms with Gasteiger partial charge in [-0.15, -0.1) is 0 Å². The predicted molar refractivity (Wildman–Crippen MR) is 228 cm³/mol. The van der Waals surface area contributed by atoms with Gasteiger partial charge in [0.15, 0.2) is 0 Å². The van der Waals surface area contributed by atoms with Gasteiger partial charge in [0, 0.05) is 27.8 Å². The molecule has 10 aromatic rings. The highest BCUT2D eigenvalue weighted by Crippen LogP contribution is 2.41. The molecule has 1 aromatic heterocycles. The SMILES string of the molecule is c1ccc(-c2ccc(-c3ccc(N(c4ccc(-c5cccc6ccccc56)cc4)c4ccc5oc6ccccc6c5c4)cc3)cc2-c2ccccc2)cc1. The van der Waals surface area contributed by atoms with Crippen LogP contribution in [0.15, 0.2) is 217 Å². The molecule has 0 fully saturated rings. The van der Waals surface area contributed by atoms with Crippen molar-refractivity contribution in [3.05, 3.63) is 212 Å². The summed E-state index contributed by atoms with van der Waals surface area (Å²) in [6, 6.07) is 75.9. The van der Waals surface area contributed by atoms with Crippen molar-refractivity contribution >= 4 is 49.8 Å². The summed E-state index contributed by atoms with van der Waals surface area (Å²) in [6.45, 7) is 0. The first-order valence-electron chi connectivity index (χ1n) is 18.4. The Hall–Kier alpha value is -7.16. The molecule has 1 heterocycles. The van der Waals surface area contributed by atoms with Crippen LogP contribution in [0.25, 0.3) is 77.2 Å². The molecule has 0 spiro atoms. The van der Waals surface area contributed by atoms with Crippen LogP contribution < -0.4 is 4.90 Å². The van der Waals surface area contributed by atoms with Crippen molar-refractivity contribution in [2.75, 3.05) is 4.90 Å². The summed E-state index contributed by atoms with van der Waals surface area (Å²) >= 11 is 0. The molecule has 0 aliphatic rings. The molecule has 54 heavy (non-hydrogen) atoms. The molecule has 0 aliphatic heterocycles. The van der Waals surface area contributed by atoms with Gasteiger partial charge in [0.05, 0.1) is 0 Å². The summed E-state index contributed by atoms with van der Waals surface area (Å²) in [5.41, 5.74) is 14.6. The fourth-order valence-corrected chi connectivity index (χ4v) is 7.82. The number of furan rings is 1. The van der Waals surface area contributed by atoms with Crippen molar-refractivity contribution < 1.29 is 4.42 Å². The normalized spacial score (nSPS) is 11.3. The Balaban J connectivity index is 1.07. The van der Waals surface area contributed by atoms with E-state index in [2.05, 4.69) is 205 Å². The van der Waals surface area contributed by atoms with E-state index in [1.165, 1.54) is 49.7 Å². The van der Waals surface area contributed by atoms with Gasteiger partial charge in [-0.1, -0.05) is 158 Å². The molecule has 0 bridgehead atoms. The smallest absolute Gasteiger partial charge is 0.135 e. The molecule has 0 saturated heterocycles. The first-order chi connectivity index (χ1) is 26.8. The molecule has 10 rings (SSSR count). The van der Waals surface area contributed by atoms with Crippen LogP contribution in [0.3, 0.4) is 0 Å². The third-order valence-electron chi connectivity index (χ3n) is 10.5. The zero-order valence-corrected chi connectivity index (χ0v) is 29.6. The molecular formula is C52H35NO. The van der Waals surface area contributed by atoms with Gasteiger partial charge in [-0.05, 0) is 110 Å². The Morgan fingerprint density at radius 2 is 0.815 bits per heavy atom. The first kappa shape index (κ1) is 31.6. The average Bonchev–Trinajstić information content (AvgIpc) is 3.63. The molecule has 0 radical (unpaired) electrons. The van der Waals surface area contributed by atoms with E-state index in [0.29, 0.717) is 0 Å². The summed E-state index contributed by atoms with van der Waals surface area (Å²) < 4.78 is 6.22. The Kier molecular flexibility index (Phi) is 7.85. The van der Waals surface area contributed by atoms with E-state index >= 15 is 0 Å². The van der Waals surface area contributed by atoms with Gasteiger partial charge in [0.1, 0.15) is 11.2 Å². The maximum Gasteiger partial charge on any atom is 0.135 e. The minimum atomic E-state index is 0.884. The molecule has 0 amide bonds. The molecule has 254 valence electrons. The zero-order chi connectivity index (χ0) is 35.8. The molecule has 0 aliphatic carbocycles. The Morgan fingerprint density at radius 1 is 0.278 bits per heavy atom. The lowest BCUT2D eigenvalue weighted by atomic mass is 9.91. The third kappa shape index (κ3) is 5.71. The highest BCUT2D eigenvalue weighted by molar-refractivity contribution is 6.06. The van der Waals surface area contributed by atoms with Crippen molar-refractivity contribution in [1.82, 2.24) is 0 Å². The molecule has 0 unspecified atom stereocenters. The number of hydrogen-bond donors (Lipinski definition) is 0. The predicted octanol–water partition coefficient (Wildman–Crippen LogP) is 14.9. The summed E-state index contributed by atoms with van der Waals surface area (Å²) in [6.07, 6.45) is 0. The lowest BCUT2D eigenvalue weighted by Crippen LogP contribution is -2.09. The number of benzene rings is 9. The van der Waals surface area contributed by atoms with E-state index in [1.54, 1.807) is 0 Å². The average molecular weight is 690 g/mol. The van der Waals surface area contributed by atoms with Crippen LogP contribution in [0.1, 0.15) is 0 Å². The topological polar surface area (TPSA) is 16.4 Å². The summed E-state index contributed by atoms with van der Waals surface area (Å²) in [5, 5.41) is 4.71. The number of para-hydroxylation sites is 1. The highest BCUT2D eigenvalue weighted by atomic mass is 16.3. The van der Waals surface area contributed by atoms with Gasteiger partial charge in [0.2, 0.25) is 0 Å². The van der Waals surface area contributed by atoms with E-state index in [1.807, 2.05) is 12.1 Å². The minimum Gasteiger partial charge on any atom is -0.456 e. The summed E-state index contributed by atoms with van der Waals surface area (Å²) in [7, 11) is 0. The Morgan fingerprint density at radius 3 is 1.56 bits per heavy atom. The maximum atomic E-state index is 6.22. The van der Waals surface area contributed by atoms with Gasteiger partial charge in [-0.2, -0.15) is 0 Å². The quantitative estimate of drug-likeness (QED) is 0.166. The van der Waals surface area contributed by atoms with E-state index in [4.69, 9.17) is 4.42 Å². The highest BCUT2D eigenvalue weighted by Gasteiger charge is 2.17. The molecular weight excluding hydrogens is 655 g/mol. The lowest BCUT2D eigenvalue weighted by molar-refractivity contribution is 0.669.